The van der Waals surface area contributed by atoms with Gasteiger partial charge in [-0.15, -0.1) is 0 Å². The zero-order valence-corrected chi connectivity index (χ0v) is 12.6. The second kappa shape index (κ2) is 6.73. The first-order chi connectivity index (χ1) is 10.1. The second-order valence-electron chi connectivity index (χ2n) is 4.46. The monoisotopic (exact) mass is 310 g/mol. The molecule has 7 heteroatoms. The quantitative estimate of drug-likeness (QED) is 0.773. The molecule has 1 amide bonds. The Morgan fingerprint density at radius 3 is 2.86 bits per heavy atom. The summed E-state index contributed by atoms with van der Waals surface area (Å²) in [7, 11) is -3.77. The van der Waals surface area contributed by atoms with Crippen molar-refractivity contribution < 1.29 is 17.9 Å². The summed E-state index contributed by atoms with van der Waals surface area (Å²) in [4.78, 5) is 11.9. The molecule has 6 nitrogen and oxygen atoms in total. The molecule has 21 heavy (non-hydrogen) atoms. The Labute approximate surface area is 124 Å². The third kappa shape index (κ3) is 3.43. The number of benzene rings is 1. The van der Waals surface area contributed by atoms with Gasteiger partial charge in [0.2, 0.25) is 9.84 Å². The van der Waals surface area contributed by atoms with Crippen LogP contribution in [0.3, 0.4) is 0 Å². The summed E-state index contributed by atoms with van der Waals surface area (Å²) in [6.45, 7) is 3.41. The zero-order chi connectivity index (χ0) is 15.3. The van der Waals surface area contributed by atoms with E-state index in [2.05, 4.69) is 10.6 Å². The summed E-state index contributed by atoms with van der Waals surface area (Å²) in [5.74, 6) is -0.603. The first kappa shape index (κ1) is 15.5. The fourth-order valence-electron chi connectivity index (χ4n) is 1.95. The largest absolute Gasteiger partial charge is 0.382 e. The minimum absolute atomic E-state index is 0.118. The first-order valence-electron chi connectivity index (χ1n) is 6.74. The highest BCUT2D eigenvalue weighted by atomic mass is 32.2. The Morgan fingerprint density at radius 2 is 2.10 bits per heavy atom. The molecule has 0 aromatic heterocycles. The SMILES string of the molecule is CCOCCCNC(=O)C1=CNc2ccccc2S1(=O)=O. The van der Waals surface area contributed by atoms with E-state index in [0.717, 1.165) is 0 Å². The Hall–Kier alpha value is -1.86. The highest BCUT2D eigenvalue weighted by Gasteiger charge is 2.31. The average molecular weight is 310 g/mol. The molecule has 114 valence electrons. The number of anilines is 1. The maximum Gasteiger partial charge on any atom is 0.264 e. The van der Waals surface area contributed by atoms with Gasteiger partial charge in [0.25, 0.3) is 5.91 Å². The molecule has 0 fully saturated rings. The lowest BCUT2D eigenvalue weighted by Gasteiger charge is -2.18. The molecule has 1 aromatic carbocycles. The molecule has 0 saturated carbocycles. The third-order valence-electron chi connectivity index (χ3n) is 3.00. The van der Waals surface area contributed by atoms with Gasteiger partial charge in [0.05, 0.1) is 10.6 Å². The summed E-state index contributed by atoms with van der Waals surface area (Å²) >= 11 is 0. The summed E-state index contributed by atoms with van der Waals surface area (Å²) < 4.78 is 29.9. The highest BCUT2D eigenvalue weighted by molar-refractivity contribution is 7.96. The van der Waals surface area contributed by atoms with Gasteiger partial charge in [-0.2, -0.15) is 0 Å². The molecular formula is C14H18N2O4S. The maximum atomic E-state index is 12.4. The molecule has 1 aromatic rings. The van der Waals surface area contributed by atoms with Gasteiger partial charge in [0.1, 0.15) is 0 Å². The molecule has 1 aliphatic rings. The van der Waals surface area contributed by atoms with Crippen LogP contribution in [0, 0.1) is 0 Å². The number of nitrogens with one attached hydrogen (secondary N) is 2. The number of fused-ring (bicyclic) bond motifs is 1. The molecule has 0 saturated heterocycles. The molecule has 2 rings (SSSR count). The lowest BCUT2D eigenvalue weighted by molar-refractivity contribution is -0.116. The van der Waals surface area contributed by atoms with Crippen LogP contribution in [0.15, 0.2) is 40.3 Å². The number of hydrogen-bond acceptors (Lipinski definition) is 5. The van der Waals surface area contributed by atoms with Gasteiger partial charge in [-0.25, -0.2) is 8.42 Å². The van der Waals surface area contributed by atoms with E-state index in [1.165, 1.54) is 12.3 Å². The fourth-order valence-corrected chi connectivity index (χ4v) is 3.40. The van der Waals surface area contributed by atoms with E-state index in [9.17, 15) is 13.2 Å². The van der Waals surface area contributed by atoms with Crippen molar-refractivity contribution in [1.82, 2.24) is 5.32 Å². The van der Waals surface area contributed by atoms with E-state index in [1.807, 2.05) is 6.92 Å². The topological polar surface area (TPSA) is 84.5 Å². The van der Waals surface area contributed by atoms with Crippen LogP contribution in [0.25, 0.3) is 0 Å². The van der Waals surface area contributed by atoms with Crippen molar-refractivity contribution in [2.75, 3.05) is 25.1 Å². The Balaban J connectivity index is 2.04. The highest BCUT2D eigenvalue weighted by Crippen LogP contribution is 2.30. The van der Waals surface area contributed by atoms with Crippen molar-refractivity contribution in [3.05, 3.63) is 35.4 Å². The van der Waals surface area contributed by atoms with Gasteiger partial charge in [0.15, 0.2) is 4.91 Å². The summed E-state index contributed by atoms with van der Waals surface area (Å²) in [5.41, 5.74) is 0.477. The van der Waals surface area contributed by atoms with Gasteiger partial charge >= 0.3 is 0 Å². The fraction of sp³-hybridized carbons (Fsp3) is 0.357. The predicted octanol–water partition coefficient (Wildman–Crippen LogP) is 1.27. The third-order valence-corrected chi connectivity index (χ3v) is 4.82. The van der Waals surface area contributed by atoms with Gasteiger partial charge in [0, 0.05) is 26.0 Å². The number of hydrogen-bond donors (Lipinski definition) is 2. The van der Waals surface area contributed by atoms with Crippen LogP contribution in [0.4, 0.5) is 5.69 Å². The minimum atomic E-state index is -3.77. The lowest BCUT2D eigenvalue weighted by atomic mass is 10.3. The summed E-state index contributed by atoms with van der Waals surface area (Å²) in [6.07, 6.45) is 1.87. The van der Waals surface area contributed by atoms with Crippen molar-refractivity contribution >= 4 is 21.4 Å². The molecule has 0 atom stereocenters. The van der Waals surface area contributed by atoms with Crippen LogP contribution in [-0.2, 0) is 19.4 Å². The number of ether oxygens (including phenoxy) is 1. The molecule has 0 spiro atoms. The second-order valence-corrected chi connectivity index (χ2v) is 6.35. The van der Waals surface area contributed by atoms with E-state index in [0.29, 0.717) is 31.9 Å². The molecule has 2 N–H and O–H groups in total. The Bertz CT molecular complexity index is 653. The van der Waals surface area contributed by atoms with E-state index >= 15 is 0 Å². The van der Waals surface area contributed by atoms with Crippen molar-refractivity contribution in [2.45, 2.75) is 18.2 Å². The Morgan fingerprint density at radius 1 is 1.33 bits per heavy atom. The van der Waals surface area contributed by atoms with Crippen LogP contribution in [0.2, 0.25) is 0 Å². The first-order valence-corrected chi connectivity index (χ1v) is 8.22. The molecule has 0 bridgehead atoms. The maximum absolute atomic E-state index is 12.4. The molecular weight excluding hydrogens is 292 g/mol. The van der Waals surface area contributed by atoms with Crippen LogP contribution < -0.4 is 10.6 Å². The number of para-hydroxylation sites is 1. The lowest BCUT2D eigenvalue weighted by Crippen LogP contribution is -2.32. The van der Waals surface area contributed by atoms with Crippen molar-refractivity contribution in [2.24, 2.45) is 0 Å². The van der Waals surface area contributed by atoms with Gasteiger partial charge in [-0.05, 0) is 25.5 Å². The van der Waals surface area contributed by atoms with Crippen molar-refractivity contribution in [3.63, 3.8) is 0 Å². The standard InChI is InChI=1S/C14H18N2O4S/c1-2-20-9-5-8-15-14(17)13-10-16-11-6-3-4-7-12(11)21(13,18)19/h3-4,6-7,10,16H,2,5,8-9H2,1H3,(H,15,17). The van der Waals surface area contributed by atoms with Crippen LogP contribution in [-0.4, -0.2) is 34.1 Å². The number of carbonyl (C=O) groups excluding carboxylic acids is 1. The van der Waals surface area contributed by atoms with Crippen molar-refractivity contribution in [1.29, 1.82) is 0 Å². The Kier molecular flexibility index (Phi) is 4.98. The normalized spacial score (nSPS) is 15.6. The van der Waals surface area contributed by atoms with Crippen LogP contribution >= 0.6 is 0 Å². The summed E-state index contributed by atoms with van der Waals surface area (Å²) in [6, 6.07) is 6.49. The predicted molar refractivity (Wildman–Crippen MR) is 79.5 cm³/mol. The molecule has 1 heterocycles. The number of sulfone groups is 1. The number of amides is 1. The summed E-state index contributed by atoms with van der Waals surface area (Å²) in [5, 5.41) is 5.42. The van der Waals surface area contributed by atoms with Crippen LogP contribution in [0.5, 0.6) is 0 Å². The van der Waals surface area contributed by atoms with E-state index in [-0.39, 0.29) is 9.80 Å². The number of carbonyl (C=O) groups is 1. The van der Waals surface area contributed by atoms with E-state index < -0.39 is 15.7 Å². The molecule has 0 aliphatic carbocycles. The van der Waals surface area contributed by atoms with Gasteiger partial charge < -0.3 is 15.4 Å². The van der Waals surface area contributed by atoms with Crippen LogP contribution in [0.1, 0.15) is 13.3 Å². The molecule has 0 radical (unpaired) electrons. The zero-order valence-electron chi connectivity index (χ0n) is 11.8. The van der Waals surface area contributed by atoms with Gasteiger partial charge in [-0.1, -0.05) is 12.1 Å². The minimum Gasteiger partial charge on any atom is -0.382 e. The average Bonchev–Trinajstić information content (AvgIpc) is 2.47. The van der Waals surface area contributed by atoms with E-state index in [4.69, 9.17) is 4.74 Å². The van der Waals surface area contributed by atoms with Gasteiger partial charge in [-0.3, -0.25) is 4.79 Å². The molecule has 1 aliphatic heterocycles. The molecule has 0 unspecified atom stereocenters. The number of rotatable bonds is 6. The van der Waals surface area contributed by atoms with Crippen molar-refractivity contribution in [3.8, 4) is 0 Å². The smallest absolute Gasteiger partial charge is 0.264 e. The van der Waals surface area contributed by atoms with E-state index in [1.54, 1.807) is 18.2 Å².